The van der Waals surface area contributed by atoms with E-state index in [0.717, 1.165) is 65.1 Å². The summed E-state index contributed by atoms with van der Waals surface area (Å²) in [5.41, 5.74) is 9.69. The molecule has 2 aliphatic rings. The van der Waals surface area contributed by atoms with E-state index in [1.165, 1.54) is 6.33 Å². The Kier molecular flexibility index (Phi) is 6.35. The fourth-order valence-electron chi connectivity index (χ4n) is 6.28. The average Bonchev–Trinajstić information content (AvgIpc) is 3.51. The quantitative estimate of drug-likeness (QED) is 0.292. The third-order valence-electron chi connectivity index (χ3n) is 8.63. The monoisotopic (exact) mass is 523 g/mol. The molecule has 0 spiro atoms. The van der Waals surface area contributed by atoms with Crippen molar-refractivity contribution >= 4 is 39.5 Å². The minimum Gasteiger partial charge on any atom is -0.390 e. The molecular formula is C27H34ClN7O2. The highest BCUT2D eigenvalue weighted by Crippen LogP contribution is 2.40. The van der Waals surface area contributed by atoms with Gasteiger partial charge in [-0.1, -0.05) is 11.6 Å². The lowest BCUT2D eigenvalue weighted by Gasteiger charge is -2.42. The van der Waals surface area contributed by atoms with E-state index in [1.807, 2.05) is 35.9 Å². The maximum Gasteiger partial charge on any atom is 0.145 e. The second-order valence-corrected chi connectivity index (χ2v) is 11.4. The number of H-pyrrole nitrogens is 1. The van der Waals surface area contributed by atoms with Crippen molar-refractivity contribution < 1.29 is 10.2 Å². The minimum absolute atomic E-state index is 0.00786. The van der Waals surface area contributed by atoms with Gasteiger partial charge in [0, 0.05) is 36.1 Å². The molecule has 3 heterocycles. The van der Waals surface area contributed by atoms with Crippen LogP contribution >= 0.6 is 11.6 Å². The molecule has 4 atom stereocenters. The number of aromatic nitrogens is 5. The van der Waals surface area contributed by atoms with Crippen LogP contribution in [0.5, 0.6) is 0 Å². The first-order valence-corrected chi connectivity index (χ1v) is 13.4. The molecule has 0 saturated heterocycles. The summed E-state index contributed by atoms with van der Waals surface area (Å²) in [7, 11) is 2.14. The third-order valence-corrected chi connectivity index (χ3v) is 9.03. The number of hydrogen-bond acceptors (Lipinski definition) is 7. The van der Waals surface area contributed by atoms with E-state index < -0.39 is 12.2 Å². The molecule has 0 unspecified atom stereocenters. The number of nitrogen functional groups attached to an aromatic ring is 1. The van der Waals surface area contributed by atoms with Gasteiger partial charge in [-0.25, -0.2) is 15.0 Å². The summed E-state index contributed by atoms with van der Waals surface area (Å²) >= 11 is 6.25. The molecule has 0 aliphatic heterocycles. The van der Waals surface area contributed by atoms with Crippen LogP contribution in [-0.2, 0) is 6.42 Å². The molecule has 6 rings (SSSR count). The van der Waals surface area contributed by atoms with Gasteiger partial charge in [-0.05, 0) is 69.3 Å². The van der Waals surface area contributed by atoms with Crippen molar-refractivity contribution in [1.82, 2.24) is 29.4 Å². The van der Waals surface area contributed by atoms with Crippen molar-refractivity contribution in [2.45, 2.75) is 63.3 Å². The molecule has 3 aromatic heterocycles. The predicted molar refractivity (Wildman–Crippen MR) is 144 cm³/mol. The fraction of sp³-hybridized carbons (Fsp3) is 0.519. The van der Waals surface area contributed by atoms with Gasteiger partial charge in [0.2, 0.25) is 0 Å². The van der Waals surface area contributed by atoms with Crippen molar-refractivity contribution in [3.8, 4) is 0 Å². The van der Waals surface area contributed by atoms with Gasteiger partial charge in [0.25, 0.3) is 0 Å². The normalized spacial score (nSPS) is 27.9. The topological polar surface area (TPSA) is 129 Å². The SMILES string of the molecule is Cc1cc2nc(CC[C@H]3C[C@H](N(C)C[C@H]4C[C@@H](n5ccc6c(N)ncnc65)[C@H](O)[C@@H]4O)C3)[nH]c2cc1Cl. The number of aromatic amines is 1. The van der Waals surface area contributed by atoms with E-state index in [9.17, 15) is 10.2 Å². The standard InChI is InChI=1S/C27H34ClN7O2/c1-14-7-20-21(11-19(14)28)33-23(32-20)4-3-15-8-17(9-15)34(2)12-16-10-22(25(37)24(16)36)35-6-5-18-26(29)30-13-31-27(18)35/h5-7,11,13,15-17,22,24-25,36-37H,3-4,8-10,12H2,1-2H3,(H,32,33)(H2,29,30,31)/t15-,16-,17-,22-,24-,25+/m1/s1. The smallest absolute Gasteiger partial charge is 0.145 e. The fourth-order valence-corrected chi connectivity index (χ4v) is 6.44. The van der Waals surface area contributed by atoms with E-state index in [0.29, 0.717) is 29.8 Å². The first-order valence-electron chi connectivity index (χ1n) is 13.1. The number of aryl methyl sites for hydroxylation is 2. The average molecular weight is 524 g/mol. The molecule has 0 bridgehead atoms. The largest absolute Gasteiger partial charge is 0.390 e. The first-order chi connectivity index (χ1) is 17.8. The summed E-state index contributed by atoms with van der Waals surface area (Å²) in [6.07, 6.45) is 6.73. The zero-order valence-electron chi connectivity index (χ0n) is 21.2. The number of halogens is 1. The molecule has 2 fully saturated rings. The Balaban J connectivity index is 1.02. The molecular weight excluding hydrogens is 490 g/mol. The van der Waals surface area contributed by atoms with Gasteiger partial charge in [-0.2, -0.15) is 0 Å². The predicted octanol–water partition coefficient (Wildman–Crippen LogP) is 3.48. The van der Waals surface area contributed by atoms with Crippen molar-refractivity contribution in [2.24, 2.45) is 11.8 Å². The zero-order valence-corrected chi connectivity index (χ0v) is 21.9. The number of nitrogens with zero attached hydrogens (tertiary/aromatic N) is 5. The van der Waals surface area contributed by atoms with Crippen LogP contribution in [0, 0.1) is 18.8 Å². The van der Waals surface area contributed by atoms with Crippen LogP contribution in [0.25, 0.3) is 22.1 Å². The number of nitrogens with two attached hydrogens (primary N) is 1. The van der Waals surface area contributed by atoms with Crippen LogP contribution in [0.15, 0.2) is 30.7 Å². The lowest BCUT2D eigenvalue weighted by Crippen LogP contribution is -2.46. The number of imidazole rings is 1. The number of hydrogen-bond donors (Lipinski definition) is 4. The van der Waals surface area contributed by atoms with E-state index >= 15 is 0 Å². The Morgan fingerprint density at radius 3 is 2.81 bits per heavy atom. The molecule has 1 aromatic carbocycles. The molecule has 37 heavy (non-hydrogen) atoms. The summed E-state index contributed by atoms with van der Waals surface area (Å²) < 4.78 is 1.94. The Hall–Kier alpha value is -2.72. The van der Waals surface area contributed by atoms with Crippen LogP contribution in [-0.4, -0.2) is 71.5 Å². The molecule has 196 valence electrons. The van der Waals surface area contributed by atoms with Crippen molar-refractivity contribution in [1.29, 1.82) is 0 Å². The van der Waals surface area contributed by atoms with Gasteiger partial charge in [-0.15, -0.1) is 0 Å². The molecule has 9 nitrogen and oxygen atoms in total. The molecule has 0 radical (unpaired) electrons. The molecule has 10 heteroatoms. The Morgan fingerprint density at radius 1 is 1.19 bits per heavy atom. The van der Waals surface area contributed by atoms with Crippen LogP contribution in [0.2, 0.25) is 5.02 Å². The van der Waals surface area contributed by atoms with Gasteiger partial charge >= 0.3 is 0 Å². The number of aliphatic hydroxyl groups excluding tert-OH is 2. The summed E-state index contributed by atoms with van der Waals surface area (Å²) in [4.78, 5) is 18.9. The van der Waals surface area contributed by atoms with Crippen molar-refractivity contribution in [2.75, 3.05) is 19.3 Å². The molecule has 2 aliphatic carbocycles. The number of anilines is 1. The summed E-state index contributed by atoms with van der Waals surface area (Å²) in [6, 6.07) is 6.13. The maximum absolute atomic E-state index is 10.9. The lowest BCUT2D eigenvalue weighted by molar-refractivity contribution is -0.00658. The van der Waals surface area contributed by atoms with Gasteiger partial charge in [-0.3, -0.25) is 0 Å². The van der Waals surface area contributed by atoms with Crippen LogP contribution in [0.1, 0.15) is 43.1 Å². The zero-order chi connectivity index (χ0) is 25.8. The molecule has 2 saturated carbocycles. The first kappa shape index (κ1) is 24.6. The second kappa shape index (κ2) is 9.54. The summed E-state index contributed by atoms with van der Waals surface area (Å²) in [5, 5.41) is 23.3. The van der Waals surface area contributed by atoms with Crippen LogP contribution < -0.4 is 5.73 Å². The van der Waals surface area contributed by atoms with E-state index in [1.54, 1.807) is 0 Å². The van der Waals surface area contributed by atoms with E-state index in [4.69, 9.17) is 22.3 Å². The number of aliphatic hydroxyl groups is 2. The van der Waals surface area contributed by atoms with E-state index in [2.05, 4.69) is 26.9 Å². The Labute approximate surface area is 220 Å². The highest BCUT2D eigenvalue weighted by Gasteiger charge is 2.44. The van der Waals surface area contributed by atoms with Gasteiger partial charge < -0.3 is 30.4 Å². The maximum atomic E-state index is 10.9. The van der Waals surface area contributed by atoms with Crippen LogP contribution in [0.3, 0.4) is 0 Å². The second-order valence-electron chi connectivity index (χ2n) is 11.0. The third kappa shape index (κ3) is 4.48. The summed E-state index contributed by atoms with van der Waals surface area (Å²) in [6.45, 7) is 2.76. The van der Waals surface area contributed by atoms with Gasteiger partial charge in [0.05, 0.1) is 28.6 Å². The summed E-state index contributed by atoms with van der Waals surface area (Å²) in [5.74, 6) is 2.11. The van der Waals surface area contributed by atoms with Crippen molar-refractivity contribution in [3.05, 3.63) is 47.1 Å². The molecule has 0 amide bonds. The van der Waals surface area contributed by atoms with Gasteiger partial charge in [0.1, 0.15) is 29.7 Å². The Bertz CT molecular complexity index is 1390. The highest BCUT2D eigenvalue weighted by molar-refractivity contribution is 6.32. The van der Waals surface area contributed by atoms with Crippen LogP contribution in [0.4, 0.5) is 5.82 Å². The molecule has 4 aromatic rings. The highest BCUT2D eigenvalue weighted by atomic mass is 35.5. The van der Waals surface area contributed by atoms with E-state index in [-0.39, 0.29) is 12.0 Å². The minimum atomic E-state index is -0.846. The lowest BCUT2D eigenvalue weighted by atomic mass is 9.76. The number of benzene rings is 1. The Morgan fingerprint density at radius 2 is 2.00 bits per heavy atom. The number of rotatable bonds is 7. The molecule has 5 N–H and O–H groups in total. The van der Waals surface area contributed by atoms with Crippen molar-refractivity contribution in [3.63, 3.8) is 0 Å². The van der Waals surface area contributed by atoms with Gasteiger partial charge in [0.15, 0.2) is 0 Å². The number of nitrogens with one attached hydrogen (secondary N) is 1. The number of fused-ring (bicyclic) bond motifs is 2.